The third-order valence-corrected chi connectivity index (χ3v) is 2.37. The SMILES string of the molecule is CCC(=O)N/N=C(\C)C1CCC1. The smallest absolute Gasteiger partial charge is 0.239 e. The van der Waals surface area contributed by atoms with Crippen LogP contribution in [0.5, 0.6) is 0 Å². The number of rotatable bonds is 3. The molecule has 1 aliphatic rings. The van der Waals surface area contributed by atoms with E-state index in [1.54, 1.807) is 0 Å². The van der Waals surface area contributed by atoms with Crippen LogP contribution in [-0.4, -0.2) is 11.6 Å². The molecule has 0 heterocycles. The minimum Gasteiger partial charge on any atom is -0.273 e. The fourth-order valence-electron chi connectivity index (χ4n) is 1.15. The summed E-state index contributed by atoms with van der Waals surface area (Å²) in [5.41, 5.74) is 3.60. The number of carbonyl (C=O) groups excluding carboxylic acids is 1. The number of amides is 1. The van der Waals surface area contributed by atoms with Crippen molar-refractivity contribution in [3.8, 4) is 0 Å². The third kappa shape index (κ3) is 2.32. The van der Waals surface area contributed by atoms with E-state index in [9.17, 15) is 4.79 Å². The summed E-state index contributed by atoms with van der Waals surface area (Å²) in [5, 5.41) is 4.03. The van der Waals surface area contributed by atoms with Crippen LogP contribution < -0.4 is 5.43 Å². The molecule has 1 N–H and O–H groups in total. The highest BCUT2D eigenvalue weighted by Gasteiger charge is 2.20. The lowest BCUT2D eigenvalue weighted by Crippen LogP contribution is -2.24. The van der Waals surface area contributed by atoms with Crippen LogP contribution in [0.4, 0.5) is 0 Å². The average molecular weight is 168 g/mol. The Morgan fingerprint density at radius 1 is 1.58 bits per heavy atom. The summed E-state index contributed by atoms with van der Waals surface area (Å²) in [6.07, 6.45) is 4.27. The van der Waals surface area contributed by atoms with Crippen molar-refractivity contribution in [3.63, 3.8) is 0 Å². The zero-order valence-corrected chi connectivity index (χ0v) is 7.76. The lowest BCUT2D eigenvalue weighted by molar-refractivity contribution is -0.120. The number of hydrogen-bond acceptors (Lipinski definition) is 2. The second-order valence-electron chi connectivity index (χ2n) is 3.27. The van der Waals surface area contributed by atoms with Crippen molar-refractivity contribution in [2.45, 2.75) is 39.5 Å². The summed E-state index contributed by atoms with van der Waals surface area (Å²) < 4.78 is 0. The zero-order valence-electron chi connectivity index (χ0n) is 7.76. The lowest BCUT2D eigenvalue weighted by Gasteiger charge is -2.24. The van der Waals surface area contributed by atoms with Crippen molar-refractivity contribution in [1.29, 1.82) is 0 Å². The second kappa shape index (κ2) is 4.24. The first-order chi connectivity index (χ1) is 5.74. The van der Waals surface area contributed by atoms with Gasteiger partial charge in [0.25, 0.3) is 0 Å². The van der Waals surface area contributed by atoms with E-state index in [0.717, 1.165) is 5.71 Å². The molecule has 0 aromatic rings. The van der Waals surface area contributed by atoms with E-state index >= 15 is 0 Å². The molecule has 3 nitrogen and oxygen atoms in total. The van der Waals surface area contributed by atoms with Crippen LogP contribution >= 0.6 is 0 Å². The molecular formula is C9H16N2O. The van der Waals surface area contributed by atoms with E-state index in [1.807, 2.05) is 13.8 Å². The maximum absolute atomic E-state index is 10.8. The van der Waals surface area contributed by atoms with Crippen molar-refractivity contribution in [2.75, 3.05) is 0 Å². The molecule has 1 amide bonds. The third-order valence-electron chi connectivity index (χ3n) is 2.37. The first-order valence-corrected chi connectivity index (χ1v) is 4.57. The van der Waals surface area contributed by atoms with E-state index in [2.05, 4.69) is 10.5 Å². The van der Waals surface area contributed by atoms with E-state index in [1.165, 1.54) is 19.3 Å². The number of nitrogens with zero attached hydrogens (tertiary/aromatic N) is 1. The zero-order chi connectivity index (χ0) is 8.97. The topological polar surface area (TPSA) is 41.5 Å². The first kappa shape index (κ1) is 9.23. The highest BCUT2D eigenvalue weighted by atomic mass is 16.2. The van der Waals surface area contributed by atoms with Crippen molar-refractivity contribution >= 4 is 11.6 Å². The molecule has 1 rings (SSSR count). The number of hydrazone groups is 1. The Morgan fingerprint density at radius 3 is 2.67 bits per heavy atom. The summed E-state index contributed by atoms with van der Waals surface area (Å²) in [6, 6.07) is 0. The van der Waals surface area contributed by atoms with Gasteiger partial charge in [-0.3, -0.25) is 4.79 Å². The predicted octanol–water partition coefficient (Wildman–Crippen LogP) is 1.69. The Labute approximate surface area is 73.2 Å². The quantitative estimate of drug-likeness (QED) is 0.505. The molecule has 0 saturated heterocycles. The molecule has 1 fully saturated rings. The molecule has 0 bridgehead atoms. The van der Waals surface area contributed by atoms with Crippen molar-refractivity contribution in [2.24, 2.45) is 11.0 Å². The van der Waals surface area contributed by atoms with Gasteiger partial charge in [0.05, 0.1) is 0 Å². The fraction of sp³-hybridized carbons (Fsp3) is 0.778. The van der Waals surface area contributed by atoms with Gasteiger partial charge in [-0.25, -0.2) is 5.43 Å². The predicted molar refractivity (Wildman–Crippen MR) is 48.9 cm³/mol. The first-order valence-electron chi connectivity index (χ1n) is 4.57. The maximum atomic E-state index is 10.8. The molecule has 0 atom stereocenters. The van der Waals surface area contributed by atoms with Crippen LogP contribution in [0.1, 0.15) is 39.5 Å². The lowest BCUT2D eigenvalue weighted by atomic mass is 9.82. The highest BCUT2D eigenvalue weighted by Crippen LogP contribution is 2.27. The van der Waals surface area contributed by atoms with Gasteiger partial charge in [-0.2, -0.15) is 5.10 Å². The molecule has 68 valence electrons. The van der Waals surface area contributed by atoms with Crippen LogP contribution in [0, 0.1) is 5.92 Å². The van der Waals surface area contributed by atoms with Crippen molar-refractivity contribution in [1.82, 2.24) is 5.43 Å². The molecule has 1 saturated carbocycles. The van der Waals surface area contributed by atoms with Gasteiger partial charge in [-0.05, 0) is 25.7 Å². The molecule has 0 radical (unpaired) electrons. The van der Waals surface area contributed by atoms with Gasteiger partial charge < -0.3 is 0 Å². The van der Waals surface area contributed by atoms with Gasteiger partial charge in [-0.15, -0.1) is 0 Å². The molecule has 12 heavy (non-hydrogen) atoms. The molecular weight excluding hydrogens is 152 g/mol. The van der Waals surface area contributed by atoms with E-state index in [4.69, 9.17) is 0 Å². The van der Waals surface area contributed by atoms with Crippen molar-refractivity contribution in [3.05, 3.63) is 0 Å². The Balaban J connectivity index is 2.29. The normalized spacial score (nSPS) is 18.7. The molecule has 0 aromatic heterocycles. The maximum Gasteiger partial charge on any atom is 0.239 e. The Bertz CT molecular complexity index is 195. The minimum atomic E-state index is -0.00586. The monoisotopic (exact) mass is 168 g/mol. The second-order valence-corrected chi connectivity index (χ2v) is 3.27. The van der Waals surface area contributed by atoms with Gasteiger partial charge in [0.15, 0.2) is 0 Å². The number of nitrogens with one attached hydrogen (secondary N) is 1. The largest absolute Gasteiger partial charge is 0.273 e. The van der Waals surface area contributed by atoms with E-state index in [0.29, 0.717) is 12.3 Å². The van der Waals surface area contributed by atoms with Crippen LogP contribution in [0.3, 0.4) is 0 Å². The number of hydrogen-bond donors (Lipinski definition) is 1. The Kier molecular flexibility index (Phi) is 3.26. The summed E-state index contributed by atoms with van der Waals surface area (Å²) in [7, 11) is 0. The Morgan fingerprint density at radius 2 is 2.25 bits per heavy atom. The average Bonchev–Trinajstić information content (AvgIpc) is 1.97. The minimum absolute atomic E-state index is 0.00586. The van der Waals surface area contributed by atoms with Gasteiger partial charge in [0.1, 0.15) is 0 Å². The summed E-state index contributed by atoms with van der Waals surface area (Å²) in [4.78, 5) is 10.8. The van der Waals surface area contributed by atoms with Crippen LogP contribution in [0.25, 0.3) is 0 Å². The molecule has 1 aliphatic carbocycles. The Hall–Kier alpha value is -0.860. The summed E-state index contributed by atoms with van der Waals surface area (Å²) in [6.45, 7) is 3.81. The van der Waals surface area contributed by atoms with Gasteiger partial charge in [-0.1, -0.05) is 13.3 Å². The van der Waals surface area contributed by atoms with Crippen LogP contribution in [0.2, 0.25) is 0 Å². The van der Waals surface area contributed by atoms with Crippen LogP contribution in [0.15, 0.2) is 5.10 Å². The van der Waals surface area contributed by atoms with Gasteiger partial charge >= 0.3 is 0 Å². The molecule has 0 aliphatic heterocycles. The standard InChI is InChI=1S/C9H16N2O/c1-3-9(12)11-10-7(2)8-5-4-6-8/h8H,3-6H2,1-2H3,(H,11,12)/b10-7+. The fourth-order valence-corrected chi connectivity index (χ4v) is 1.15. The van der Waals surface area contributed by atoms with E-state index in [-0.39, 0.29) is 5.91 Å². The molecule has 0 unspecified atom stereocenters. The van der Waals surface area contributed by atoms with E-state index < -0.39 is 0 Å². The van der Waals surface area contributed by atoms with Gasteiger partial charge in [0.2, 0.25) is 5.91 Å². The molecule has 0 spiro atoms. The summed E-state index contributed by atoms with van der Waals surface area (Å²) >= 11 is 0. The van der Waals surface area contributed by atoms with Crippen LogP contribution in [-0.2, 0) is 4.79 Å². The number of carbonyl (C=O) groups is 1. The molecule has 3 heteroatoms. The summed E-state index contributed by atoms with van der Waals surface area (Å²) in [5.74, 6) is 0.621. The van der Waals surface area contributed by atoms with Crippen molar-refractivity contribution < 1.29 is 4.79 Å². The molecule has 0 aromatic carbocycles. The van der Waals surface area contributed by atoms with Gasteiger partial charge in [0, 0.05) is 12.1 Å². The highest BCUT2D eigenvalue weighted by molar-refractivity contribution is 5.86.